The summed E-state index contributed by atoms with van der Waals surface area (Å²) in [5.41, 5.74) is 4.38. The van der Waals surface area contributed by atoms with Crippen LogP contribution in [-0.2, 0) is 21.2 Å². The maximum Gasteiger partial charge on any atom is 0.281 e. The Morgan fingerprint density at radius 3 is 2.47 bits per heavy atom. The number of carbonyl (C=O) groups is 1. The lowest BCUT2D eigenvalue weighted by molar-refractivity contribution is -0.111. The van der Waals surface area contributed by atoms with E-state index in [4.69, 9.17) is 27.4 Å². The summed E-state index contributed by atoms with van der Waals surface area (Å²) >= 11 is 5.08. The zero-order valence-corrected chi connectivity index (χ0v) is 10.9. The van der Waals surface area contributed by atoms with Gasteiger partial charge in [0, 0.05) is 13.1 Å². The highest BCUT2D eigenvalue weighted by atomic mass is 32.4. The Kier molecular flexibility index (Phi) is 7.89. The Morgan fingerprint density at radius 2 is 2.12 bits per heavy atom. The van der Waals surface area contributed by atoms with Gasteiger partial charge in [0.25, 0.3) is 5.91 Å². The minimum Gasteiger partial charge on any atom is -0.364 e. The van der Waals surface area contributed by atoms with Gasteiger partial charge in [-0.1, -0.05) is 17.3 Å². The van der Waals surface area contributed by atoms with Crippen LogP contribution in [0.1, 0.15) is 0 Å². The van der Waals surface area contributed by atoms with E-state index in [1.54, 1.807) is 16.8 Å². The number of amides is 1. The Bertz CT molecular complexity index is 392. The first-order chi connectivity index (χ1) is 8.06. The van der Waals surface area contributed by atoms with Crippen LogP contribution in [0.15, 0.2) is 30.5 Å². The zero-order chi connectivity index (χ0) is 13.3. The van der Waals surface area contributed by atoms with E-state index in [1.165, 1.54) is 6.07 Å². The molecule has 1 unspecified atom stereocenters. The van der Waals surface area contributed by atoms with Crippen molar-refractivity contribution >= 4 is 30.5 Å². The molecule has 0 aliphatic carbocycles. The van der Waals surface area contributed by atoms with Gasteiger partial charge in [-0.25, -0.2) is 4.67 Å². The molecule has 0 aromatic rings. The van der Waals surface area contributed by atoms with Gasteiger partial charge in [-0.2, -0.15) is 5.26 Å². The Balaban J connectivity index is 4.60. The van der Waals surface area contributed by atoms with E-state index in [1.807, 2.05) is 0 Å². The van der Waals surface area contributed by atoms with Crippen LogP contribution < -0.4 is 5.73 Å². The first-order valence-corrected chi connectivity index (χ1v) is 7.01. The van der Waals surface area contributed by atoms with E-state index < -0.39 is 18.7 Å². The van der Waals surface area contributed by atoms with E-state index >= 15 is 0 Å². The van der Waals surface area contributed by atoms with Gasteiger partial charge < -0.3 is 10.4 Å². The van der Waals surface area contributed by atoms with Crippen LogP contribution in [0.5, 0.6) is 0 Å². The number of primary amides is 1. The molecule has 0 heterocycles. The molecule has 92 valence electrons. The molecule has 0 rings (SSSR count). The van der Waals surface area contributed by atoms with Crippen molar-refractivity contribution in [1.82, 2.24) is 4.67 Å². The number of nitriles is 1. The SMILES string of the molecule is C=CCN(CC=C)[PH](=S)ON=C(C#N)C(N)=O. The lowest BCUT2D eigenvalue weighted by Gasteiger charge is -2.18. The van der Waals surface area contributed by atoms with Crippen LogP contribution in [0.2, 0.25) is 0 Å². The lowest BCUT2D eigenvalue weighted by Crippen LogP contribution is -2.22. The molecule has 0 saturated carbocycles. The third-order valence-electron chi connectivity index (χ3n) is 1.51. The van der Waals surface area contributed by atoms with Crippen molar-refractivity contribution in [2.45, 2.75) is 0 Å². The minimum atomic E-state index is -1.86. The van der Waals surface area contributed by atoms with Crippen molar-refractivity contribution in [3.8, 4) is 6.07 Å². The van der Waals surface area contributed by atoms with Gasteiger partial charge in [-0.15, -0.1) is 13.2 Å². The number of oxime groups is 1. The van der Waals surface area contributed by atoms with Crippen LogP contribution in [0.4, 0.5) is 0 Å². The maximum absolute atomic E-state index is 10.7. The average molecular weight is 272 g/mol. The van der Waals surface area contributed by atoms with Gasteiger partial charge in [0.1, 0.15) is 6.07 Å². The van der Waals surface area contributed by atoms with Crippen LogP contribution in [-0.4, -0.2) is 29.4 Å². The predicted octanol–water partition coefficient (Wildman–Crippen LogP) is 0.548. The maximum atomic E-state index is 10.7. The summed E-state index contributed by atoms with van der Waals surface area (Å²) in [4.78, 5) is 10.7. The topological polar surface area (TPSA) is 91.7 Å². The van der Waals surface area contributed by atoms with Gasteiger partial charge in [0.05, 0.1) is 0 Å². The molecule has 0 aliphatic rings. The highest BCUT2D eigenvalue weighted by molar-refractivity contribution is 8.01. The van der Waals surface area contributed by atoms with Crippen molar-refractivity contribution in [3.05, 3.63) is 25.3 Å². The molecule has 2 N–H and O–H groups in total. The molecule has 0 aromatic carbocycles. The predicted molar refractivity (Wildman–Crippen MR) is 71.0 cm³/mol. The van der Waals surface area contributed by atoms with Gasteiger partial charge >= 0.3 is 0 Å². The summed E-state index contributed by atoms with van der Waals surface area (Å²) in [5, 5.41) is 11.9. The second-order valence-corrected chi connectivity index (χ2v) is 5.15. The second-order valence-electron chi connectivity index (χ2n) is 2.76. The first-order valence-electron chi connectivity index (χ1n) is 4.52. The number of rotatable bonds is 8. The van der Waals surface area contributed by atoms with E-state index in [-0.39, 0.29) is 0 Å². The van der Waals surface area contributed by atoms with Crippen LogP contribution in [0.25, 0.3) is 0 Å². The van der Waals surface area contributed by atoms with Crippen LogP contribution in [0, 0.1) is 11.3 Å². The summed E-state index contributed by atoms with van der Waals surface area (Å²) in [7, 11) is -1.86. The number of carbonyl (C=O) groups excluding carboxylic acids is 1. The number of nitrogens with zero attached hydrogens (tertiary/aromatic N) is 3. The molecule has 17 heavy (non-hydrogen) atoms. The summed E-state index contributed by atoms with van der Waals surface area (Å²) in [5.74, 6) is -0.948. The van der Waals surface area contributed by atoms with E-state index in [0.717, 1.165) is 0 Å². The number of nitrogens with two attached hydrogens (primary N) is 1. The summed E-state index contributed by atoms with van der Waals surface area (Å²) in [6.07, 6.45) is 3.32. The fourth-order valence-corrected chi connectivity index (χ4v) is 2.20. The Labute approximate surface area is 106 Å². The van der Waals surface area contributed by atoms with Crippen molar-refractivity contribution in [2.75, 3.05) is 13.1 Å². The molecular formula is C9H13N4O2PS. The first kappa shape index (κ1) is 15.5. The van der Waals surface area contributed by atoms with Gasteiger partial charge in [-0.3, -0.25) is 4.79 Å². The molecular weight excluding hydrogens is 259 g/mol. The van der Waals surface area contributed by atoms with E-state index in [0.29, 0.717) is 13.1 Å². The van der Waals surface area contributed by atoms with Crippen molar-refractivity contribution in [2.24, 2.45) is 10.9 Å². The third kappa shape index (κ3) is 5.97. The standard InChI is InChI=1S/C9H13N4O2PS/c1-3-5-13(6-4-2)16(17)15-12-8(7-10)9(11)14/h3-4,16H,1-2,5-6H2,(H2,11,14). The number of hydrogen-bond donors (Lipinski definition) is 1. The van der Waals surface area contributed by atoms with Gasteiger partial charge in [0.15, 0.2) is 7.07 Å². The molecule has 0 bridgehead atoms. The fraction of sp³-hybridized carbons (Fsp3) is 0.222. The Morgan fingerprint density at radius 1 is 1.59 bits per heavy atom. The molecule has 6 nitrogen and oxygen atoms in total. The fourth-order valence-electron chi connectivity index (χ4n) is 0.798. The highest BCUT2D eigenvalue weighted by Gasteiger charge is 2.10. The van der Waals surface area contributed by atoms with E-state index in [2.05, 4.69) is 18.3 Å². The second kappa shape index (κ2) is 8.65. The van der Waals surface area contributed by atoms with E-state index in [9.17, 15) is 4.79 Å². The van der Waals surface area contributed by atoms with Gasteiger partial charge in [0.2, 0.25) is 5.71 Å². The molecule has 0 saturated heterocycles. The molecule has 0 spiro atoms. The smallest absolute Gasteiger partial charge is 0.281 e. The van der Waals surface area contributed by atoms with Crippen molar-refractivity contribution in [1.29, 1.82) is 5.26 Å². The molecule has 0 fully saturated rings. The summed E-state index contributed by atoms with van der Waals surface area (Å²) in [6, 6.07) is 1.52. The quantitative estimate of drug-likeness (QED) is 0.301. The minimum absolute atomic E-state index is 0.505. The van der Waals surface area contributed by atoms with Crippen molar-refractivity contribution in [3.63, 3.8) is 0 Å². The van der Waals surface area contributed by atoms with Crippen molar-refractivity contribution < 1.29 is 9.42 Å². The normalized spacial score (nSPS) is 12.6. The summed E-state index contributed by atoms with van der Waals surface area (Å²) < 4.78 is 6.70. The van der Waals surface area contributed by atoms with Gasteiger partial charge in [-0.05, 0) is 11.8 Å². The average Bonchev–Trinajstić information content (AvgIpc) is 2.28. The van der Waals surface area contributed by atoms with Crippen LogP contribution in [0.3, 0.4) is 0 Å². The monoisotopic (exact) mass is 272 g/mol. The summed E-state index contributed by atoms with van der Waals surface area (Å²) in [6.45, 7) is 8.19. The van der Waals surface area contributed by atoms with Crippen LogP contribution >= 0.6 is 7.07 Å². The molecule has 1 amide bonds. The molecule has 8 heteroatoms. The molecule has 0 aliphatic heterocycles. The Hall–Kier alpha value is -1.48. The molecule has 0 aromatic heterocycles. The number of hydrogen-bond acceptors (Lipinski definition) is 5. The largest absolute Gasteiger partial charge is 0.364 e. The molecule has 1 atom stereocenters. The lowest BCUT2D eigenvalue weighted by atomic mass is 10.4. The zero-order valence-electron chi connectivity index (χ0n) is 9.13. The molecule has 0 radical (unpaired) electrons. The highest BCUT2D eigenvalue weighted by Crippen LogP contribution is 2.28. The third-order valence-corrected chi connectivity index (χ3v) is 3.64.